The van der Waals surface area contributed by atoms with E-state index in [4.69, 9.17) is 21.2 Å². The first-order valence-corrected chi connectivity index (χ1v) is 17.2. The van der Waals surface area contributed by atoms with Gasteiger partial charge in [0.2, 0.25) is 5.88 Å². The van der Waals surface area contributed by atoms with Crippen LogP contribution in [-0.4, -0.2) is 99.2 Å². The topological polar surface area (TPSA) is 125 Å². The first-order chi connectivity index (χ1) is 22.1. The Morgan fingerprint density at radius 3 is 2.41 bits per heavy atom. The number of nitrogens with zero attached hydrogens (tertiary/aromatic N) is 5. The number of benzene rings is 2. The van der Waals surface area contributed by atoms with E-state index in [1.807, 2.05) is 0 Å². The number of pyridine rings is 1. The van der Waals surface area contributed by atoms with Gasteiger partial charge in [-0.25, -0.2) is 18.2 Å². The molecule has 1 N–H and O–H groups in total. The Bertz CT molecular complexity index is 1700. The molecule has 12 nitrogen and oxygen atoms in total. The van der Waals surface area contributed by atoms with Crippen LogP contribution in [0, 0.1) is 0 Å². The van der Waals surface area contributed by atoms with Crippen molar-refractivity contribution in [3.05, 3.63) is 83.0 Å². The van der Waals surface area contributed by atoms with Gasteiger partial charge in [-0.15, -0.1) is 5.06 Å². The molecule has 1 aromatic heterocycles. The van der Waals surface area contributed by atoms with Crippen molar-refractivity contribution < 1.29 is 27.6 Å². The number of rotatable bonds is 8. The number of hydrogen-bond acceptors (Lipinski definition) is 10. The number of carbonyl (C=O) groups is 2. The van der Waals surface area contributed by atoms with Gasteiger partial charge in [-0.3, -0.25) is 15.0 Å². The second-order valence-electron chi connectivity index (χ2n) is 11.6. The molecule has 3 aliphatic rings. The maximum absolute atomic E-state index is 14.8. The summed E-state index contributed by atoms with van der Waals surface area (Å²) >= 11 is 6.46. The highest BCUT2D eigenvalue weighted by atomic mass is 35.5. The maximum atomic E-state index is 14.8. The van der Waals surface area contributed by atoms with E-state index < -0.39 is 27.6 Å². The number of likely N-dealkylation sites (N-methyl/N-ethyl adjacent to an activating group) is 1. The number of anilines is 1. The van der Waals surface area contributed by atoms with Gasteiger partial charge in [0.25, 0.3) is 15.9 Å². The first kappa shape index (κ1) is 32.2. The van der Waals surface area contributed by atoms with Crippen molar-refractivity contribution in [2.45, 2.75) is 36.2 Å². The molecule has 46 heavy (non-hydrogen) atoms. The maximum Gasteiger partial charge on any atom is 0.427 e. The Hall–Kier alpha value is -3.75. The van der Waals surface area contributed by atoms with Crippen LogP contribution < -0.4 is 14.4 Å². The van der Waals surface area contributed by atoms with Crippen molar-refractivity contribution in [2.24, 2.45) is 0 Å². The summed E-state index contributed by atoms with van der Waals surface area (Å²) in [5.74, 6) is -0.898. The van der Waals surface area contributed by atoms with E-state index in [0.717, 1.165) is 39.0 Å². The van der Waals surface area contributed by atoms with Gasteiger partial charge in [-0.1, -0.05) is 29.8 Å². The summed E-state index contributed by atoms with van der Waals surface area (Å²) in [4.78, 5) is 43.4. The summed E-state index contributed by atoms with van der Waals surface area (Å²) in [7, 11) is -2.31. The van der Waals surface area contributed by atoms with Crippen molar-refractivity contribution in [1.82, 2.24) is 25.2 Å². The monoisotopic (exact) mass is 668 g/mol. The number of hydrogen-bond donors (Lipinski definition) is 1. The third-order valence-electron chi connectivity index (χ3n) is 8.80. The van der Waals surface area contributed by atoms with Crippen LogP contribution in [0.5, 0.6) is 5.88 Å². The molecule has 0 bridgehead atoms. The molecule has 0 radical (unpaired) electrons. The van der Waals surface area contributed by atoms with Gasteiger partial charge < -0.3 is 14.5 Å². The Morgan fingerprint density at radius 2 is 1.72 bits per heavy atom. The number of sulfonamides is 1. The number of halogens is 1. The summed E-state index contributed by atoms with van der Waals surface area (Å²) in [6.07, 6.45) is 2.20. The zero-order chi connectivity index (χ0) is 32.5. The molecule has 2 saturated heterocycles. The predicted molar refractivity (Wildman–Crippen MR) is 172 cm³/mol. The second kappa shape index (κ2) is 13.2. The van der Waals surface area contributed by atoms with Crippen LogP contribution in [-0.2, 0) is 25.2 Å². The lowest BCUT2D eigenvalue weighted by Gasteiger charge is -2.41. The standard InChI is InChI=1S/C32H37ClN6O6S/c1-3-44-29-26(10-7-15-34-29)32(35-31(41)45-38-16-13-24(14-17-38)37-20-18-36(2)19-21-37)27-22-23(33)11-12-28(27)39(30(32)40)46(42,43)25-8-5-4-6-9-25/h4-12,15,22,24H,3,13-14,16-21H2,1-2H3,(H,35,41). The van der Waals surface area contributed by atoms with Crippen molar-refractivity contribution in [3.8, 4) is 5.88 Å². The Labute approximate surface area is 273 Å². The fraction of sp³-hybridized carbons (Fsp3) is 0.406. The van der Waals surface area contributed by atoms with E-state index in [1.165, 1.54) is 36.5 Å². The normalized spacial score (nSPS) is 21.6. The van der Waals surface area contributed by atoms with E-state index in [2.05, 4.69) is 27.1 Å². The minimum atomic E-state index is -4.43. The largest absolute Gasteiger partial charge is 0.478 e. The predicted octanol–water partition coefficient (Wildman–Crippen LogP) is 3.47. The Morgan fingerprint density at radius 1 is 1.00 bits per heavy atom. The van der Waals surface area contributed by atoms with Gasteiger partial charge in [-0.2, -0.15) is 4.31 Å². The van der Waals surface area contributed by atoms with Crippen molar-refractivity contribution in [2.75, 3.05) is 57.2 Å². The SMILES string of the molecule is CCOc1ncccc1C1(NC(=O)ON2CCC(N3CCN(C)CC3)CC2)C(=O)N(S(=O)(=O)c2ccccc2)c2ccc(Cl)cc21. The molecule has 2 fully saturated rings. The van der Waals surface area contributed by atoms with Crippen LogP contribution in [0.3, 0.4) is 0 Å². The number of piperidine rings is 1. The summed E-state index contributed by atoms with van der Waals surface area (Å²) < 4.78 is 34.7. The van der Waals surface area contributed by atoms with Crippen LogP contribution in [0.2, 0.25) is 5.02 Å². The van der Waals surface area contributed by atoms with E-state index in [1.54, 1.807) is 42.3 Å². The van der Waals surface area contributed by atoms with Crippen LogP contribution in [0.15, 0.2) is 71.8 Å². The highest BCUT2D eigenvalue weighted by Crippen LogP contribution is 2.49. The highest BCUT2D eigenvalue weighted by Gasteiger charge is 2.59. The number of amides is 2. The number of ether oxygens (including phenoxy) is 1. The lowest BCUT2D eigenvalue weighted by atomic mass is 9.84. The van der Waals surface area contributed by atoms with Crippen molar-refractivity contribution in [1.29, 1.82) is 0 Å². The van der Waals surface area contributed by atoms with Crippen LogP contribution in [0.25, 0.3) is 0 Å². The molecule has 0 saturated carbocycles. The summed E-state index contributed by atoms with van der Waals surface area (Å²) in [5, 5.41) is 4.58. The zero-order valence-corrected chi connectivity index (χ0v) is 27.3. The quantitative estimate of drug-likeness (QED) is 0.382. The molecule has 1 unspecified atom stereocenters. The Kier molecular flexibility index (Phi) is 9.22. The molecule has 14 heteroatoms. The first-order valence-electron chi connectivity index (χ1n) is 15.4. The number of carbonyl (C=O) groups excluding carboxylic acids is 2. The minimum absolute atomic E-state index is 0.0397. The molecule has 2 amide bonds. The molecular weight excluding hydrogens is 632 g/mol. The average Bonchev–Trinajstić information content (AvgIpc) is 3.30. The smallest absolute Gasteiger partial charge is 0.427 e. The van der Waals surface area contributed by atoms with E-state index >= 15 is 0 Å². The van der Waals surface area contributed by atoms with Gasteiger partial charge in [0, 0.05) is 62.1 Å². The number of hydroxylamine groups is 2. The lowest BCUT2D eigenvalue weighted by Crippen LogP contribution is -2.56. The number of fused-ring (bicyclic) bond motifs is 1. The number of piperazine rings is 1. The minimum Gasteiger partial charge on any atom is -0.478 e. The Balaban J connectivity index is 1.35. The second-order valence-corrected chi connectivity index (χ2v) is 13.8. The molecule has 0 spiro atoms. The van der Waals surface area contributed by atoms with Gasteiger partial charge in [0.15, 0.2) is 5.54 Å². The molecule has 1 atom stereocenters. The zero-order valence-electron chi connectivity index (χ0n) is 25.8. The van der Waals surface area contributed by atoms with E-state index in [9.17, 15) is 18.0 Å². The van der Waals surface area contributed by atoms with Crippen LogP contribution in [0.4, 0.5) is 10.5 Å². The molecule has 3 aromatic rings. The molecule has 244 valence electrons. The number of aromatic nitrogens is 1. The van der Waals surface area contributed by atoms with Gasteiger partial charge in [0.05, 0.1) is 22.8 Å². The number of nitrogens with one attached hydrogen (secondary N) is 1. The molecular formula is C32H37ClN6O6S. The van der Waals surface area contributed by atoms with Crippen LogP contribution >= 0.6 is 11.6 Å². The molecule has 4 heterocycles. The van der Waals surface area contributed by atoms with E-state index in [0.29, 0.717) is 23.4 Å². The van der Waals surface area contributed by atoms with Gasteiger partial charge >= 0.3 is 6.09 Å². The van der Waals surface area contributed by atoms with Gasteiger partial charge in [0.1, 0.15) is 0 Å². The molecule has 0 aliphatic carbocycles. The summed E-state index contributed by atoms with van der Waals surface area (Å²) in [5.41, 5.74) is -1.78. The third-order valence-corrected chi connectivity index (χ3v) is 10.7. The molecule has 3 aliphatic heterocycles. The fourth-order valence-corrected chi connectivity index (χ4v) is 8.11. The lowest BCUT2D eigenvalue weighted by molar-refractivity contribution is -0.130. The van der Waals surface area contributed by atoms with Gasteiger partial charge in [-0.05, 0) is 69.3 Å². The molecule has 6 rings (SSSR count). The van der Waals surface area contributed by atoms with Crippen molar-refractivity contribution >= 4 is 39.3 Å². The summed E-state index contributed by atoms with van der Waals surface area (Å²) in [6.45, 7) is 7.04. The highest BCUT2D eigenvalue weighted by molar-refractivity contribution is 7.93. The average molecular weight is 669 g/mol. The third kappa shape index (κ3) is 5.93. The molecule has 2 aromatic carbocycles. The fourth-order valence-electron chi connectivity index (χ4n) is 6.45. The summed E-state index contributed by atoms with van der Waals surface area (Å²) in [6, 6.07) is 15.6. The van der Waals surface area contributed by atoms with Crippen LogP contribution in [0.1, 0.15) is 30.9 Å². The van der Waals surface area contributed by atoms with E-state index in [-0.39, 0.29) is 39.2 Å². The van der Waals surface area contributed by atoms with Crippen molar-refractivity contribution in [3.63, 3.8) is 0 Å².